The van der Waals surface area contributed by atoms with Crippen LogP contribution in [0.4, 0.5) is 0 Å². The van der Waals surface area contributed by atoms with Gasteiger partial charge in [-0.05, 0) is 5.56 Å². The summed E-state index contributed by atoms with van der Waals surface area (Å²) in [5.41, 5.74) is 0.880. The fraction of sp³-hybridized carbons (Fsp3) is 0.167. The lowest BCUT2D eigenvalue weighted by Crippen LogP contribution is -2.15. The Morgan fingerprint density at radius 3 is 2.50 bits per heavy atom. The van der Waals surface area contributed by atoms with Gasteiger partial charge in [0.15, 0.2) is 6.61 Å². The van der Waals surface area contributed by atoms with E-state index in [1.807, 2.05) is 30.3 Å². The molecule has 1 aromatic carbocycles. The molecule has 4 heteroatoms. The van der Waals surface area contributed by atoms with Crippen LogP contribution in [-0.2, 0) is 25.7 Å². The third kappa shape index (κ3) is 4.41. The molecule has 16 heavy (non-hydrogen) atoms. The van der Waals surface area contributed by atoms with E-state index in [2.05, 4.69) is 11.3 Å². The van der Waals surface area contributed by atoms with E-state index < -0.39 is 18.5 Å². The minimum Gasteiger partial charge on any atom is -0.458 e. The molecule has 84 valence electrons. The first-order chi connectivity index (χ1) is 7.72. The van der Waals surface area contributed by atoms with Gasteiger partial charge in [-0.1, -0.05) is 36.9 Å². The average molecular weight is 220 g/mol. The summed E-state index contributed by atoms with van der Waals surface area (Å²) in [5.74, 6) is -1.23. The zero-order valence-corrected chi connectivity index (χ0v) is 8.72. The summed E-state index contributed by atoms with van der Waals surface area (Å²) >= 11 is 0. The summed E-state index contributed by atoms with van der Waals surface area (Å²) in [5, 5.41) is 0. The third-order valence-electron chi connectivity index (χ3n) is 1.74. The summed E-state index contributed by atoms with van der Waals surface area (Å²) in [4.78, 5) is 21.7. The molecule has 0 unspecified atom stereocenters. The van der Waals surface area contributed by atoms with E-state index in [9.17, 15) is 9.59 Å². The number of hydrogen-bond donors (Lipinski definition) is 0. The fourth-order valence-corrected chi connectivity index (χ4v) is 0.969. The first kappa shape index (κ1) is 12.0. The molecule has 0 aliphatic heterocycles. The van der Waals surface area contributed by atoms with E-state index in [1.165, 1.54) is 0 Å². The van der Waals surface area contributed by atoms with E-state index in [4.69, 9.17) is 4.74 Å². The van der Waals surface area contributed by atoms with E-state index in [0.717, 1.165) is 11.6 Å². The number of benzene rings is 1. The Kier molecular flexibility index (Phi) is 4.79. The average Bonchev–Trinajstić information content (AvgIpc) is 2.34. The zero-order valence-electron chi connectivity index (χ0n) is 8.72. The lowest BCUT2D eigenvalue weighted by molar-refractivity contribution is -0.157. The van der Waals surface area contributed by atoms with Gasteiger partial charge < -0.3 is 9.47 Å². The van der Waals surface area contributed by atoms with Crippen molar-refractivity contribution in [3.8, 4) is 0 Å². The molecule has 0 saturated carbocycles. The molecule has 0 aromatic heterocycles. The Bertz CT molecular complexity index is 370. The Morgan fingerprint density at radius 2 is 1.88 bits per heavy atom. The van der Waals surface area contributed by atoms with Crippen LogP contribution >= 0.6 is 0 Å². The molecular formula is C12H12O4. The van der Waals surface area contributed by atoms with Crippen LogP contribution < -0.4 is 0 Å². The second-order valence-electron chi connectivity index (χ2n) is 2.96. The van der Waals surface area contributed by atoms with Gasteiger partial charge in [-0.2, -0.15) is 0 Å². The van der Waals surface area contributed by atoms with Crippen molar-refractivity contribution >= 4 is 11.9 Å². The summed E-state index contributed by atoms with van der Waals surface area (Å²) in [7, 11) is 0. The first-order valence-electron chi connectivity index (χ1n) is 4.71. The molecule has 0 atom stereocenters. The van der Waals surface area contributed by atoms with Crippen LogP contribution in [0.1, 0.15) is 5.56 Å². The van der Waals surface area contributed by atoms with Crippen molar-refractivity contribution < 1.29 is 19.1 Å². The third-order valence-corrected chi connectivity index (χ3v) is 1.74. The van der Waals surface area contributed by atoms with Gasteiger partial charge in [0, 0.05) is 6.08 Å². The molecule has 0 fully saturated rings. The van der Waals surface area contributed by atoms with Crippen molar-refractivity contribution in [3.63, 3.8) is 0 Å². The highest BCUT2D eigenvalue weighted by Crippen LogP contribution is 2.00. The van der Waals surface area contributed by atoms with Crippen LogP contribution in [0.25, 0.3) is 0 Å². The van der Waals surface area contributed by atoms with Crippen molar-refractivity contribution in [2.24, 2.45) is 0 Å². The van der Waals surface area contributed by atoms with Gasteiger partial charge in [0.2, 0.25) is 0 Å². The highest BCUT2D eigenvalue weighted by Gasteiger charge is 2.05. The van der Waals surface area contributed by atoms with Crippen molar-refractivity contribution in [2.75, 3.05) is 6.61 Å². The summed E-state index contributed by atoms with van der Waals surface area (Å²) in [6.45, 7) is 2.99. The highest BCUT2D eigenvalue weighted by atomic mass is 16.6. The predicted octanol–water partition coefficient (Wildman–Crippen LogP) is 1.46. The van der Waals surface area contributed by atoms with Crippen LogP contribution in [0.3, 0.4) is 0 Å². The van der Waals surface area contributed by atoms with Gasteiger partial charge >= 0.3 is 11.9 Å². The predicted molar refractivity (Wildman–Crippen MR) is 57.4 cm³/mol. The lowest BCUT2D eigenvalue weighted by Gasteiger charge is -2.04. The lowest BCUT2D eigenvalue weighted by atomic mass is 10.2. The van der Waals surface area contributed by atoms with Crippen LogP contribution in [0.5, 0.6) is 0 Å². The topological polar surface area (TPSA) is 52.6 Å². The smallest absolute Gasteiger partial charge is 0.344 e. The zero-order chi connectivity index (χ0) is 11.8. The number of carbonyl (C=O) groups is 2. The molecular weight excluding hydrogens is 208 g/mol. The normalized spacial score (nSPS) is 9.25. The molecule has 0 saturated heterocycles. The number of hydrogen-bond acceptors (Lipinski definition) is 4. The van der Waals surface area contributed by atoms with Crippen molar-refractivity contribution in [2.45, 2.75) is 6.61 Å². The monoisotopic (exact) mass is 220 g/mol. The van der Waals surface area contributed by atoms with Crippen LogP contribution in [0, 0.1) is 0 Å². The number of rotatable bonds is 5. The quantitative estimate of drug-likeness (QED) is 0.556. The minimum absolute atomic E-state index is 0.172. The molecule has 0 radical (unpaired) electrons. The van der Waals surface area contributed by atoms with E-state index in [1.54, 1.807) is 0 Å². The number of carbonyl (C=O) groups excluding carboxylic acids is 2. The van der Waals surface area contributed by atoms with E-state index in [0.29, 0.717) is 0 Å². The fourth-order valence-electron chi connectivity index (χ4n) is 0.969. The standard InChI is InChI=1S/C12H12O4/c1-2-11(13)16-9-12(14)15-8-10-6-4-3-5-7-10/h2-7H,1,8-9H2. The first-order valence-corrected chi connectivity index (χ1v) is 4.71. The molecule has 0 heterocycles. The summed E-state index contributed by atoms with van der Waals surface area (Å²) in [6.07, 6.45) is 0.991. The van der Waals surface area contributed by atoms with Gasteiger partial charge in [0.25, 0.3) is 0 Å². The molecule has 4 nitrogen and oxygen atoms in total. The molecule has 0 amide bonds. The molecule has 0 aliphatic carbocycles. The second kappa shape index (κ2) is 6.40. The van der Waals surface area contributed by atoms with Gasteiger partial charge in [0.1, 0.15) is 6.61 Å². The maximum Gasteiger partial charge on any atom is 0.344 e. The van der Waals surface area contributed by atoms with Crippen LogP contribution in [0.2, 0.25) is 0 Å². The van der Waals surface area contributed by atoms with Gasteiger partial charge in [-0.15, -0.1) is 0 Å². The molecule has 1 aromatic rings. The maximum atomic E-state index is 11.1. The largest absolute Gasteiger partial charge is 0.458 e. The van der Waals surface area contributed by atoms with E-state index >= 15 is 0 Å². The van der Waals surface area contributed by atoms with E-state index in [-0.39, 0.29) is 6.61 Å². The SMILES string of the molecule is C=CC(=O)OCC(=O)OCc1ccccc1. The molecule has 0 N–H and O–H groups in total. The molecule has 1 rings (SSSR count). The Balaban J connectivity index is 2.25. The summed E-state index contributed by atoms with van der Waals surface area (Å²) < 4.78 is 9.38. The molecule has 0 aliphatic rings. The Hall–Kier alpha value is -2.10. The summed E-state index contributed by atoms with van der Waals surface area (Å²) in [6, 6.07) is 9.24. The second-order valence-corrected chi connectivity index (χ2v) is 2.96. The maximum absolute atomic E-state index is 11.1. The number of esters is 2. The van der Waals surface area contributed by atoms with Gasteiger partial charge in [0.05, 0.1) is 0 Å². The van der Waals surface area contributed by atoms with Gasteiger partial charge in [-0.25, -0.2) is 9.59 Å². The Morgan fingerprint density at radius 1 is 1.19 bits per heavy atom. The number of ether oxygens (including phenoxy) is 2. The molecule has 0 bridgehead atoms. The van der Waals surface area contributed by atoms with Crippen molar-refractivity contribution in [1.29, 1.82) is 0 Å². The van der Waals surface area contributed by atoms with Crippen molar-refractivity contribution in [1.82, 2.24) is 0 Å². The minimum atomic E-state index is -0.642. The van der Waals surface area contributed by atoms with Crippen LogP contribution in [-0.4, -0.2) is 18.5 Å². The Labute approximate surface area is 93.5 Å². The van der Waals surface area contributed by atoms with Crippen LogP contribution in [0.15, 0.2) is 43.0 Å². The van der Waals surface area contributed by atoms with Crippen molar-refractivity contribution in [3.05, 3.63) is 48.6 Å². The molecule has 0 spiro atoms. The highest BCUT2D eigenvalue weighted by molar-refractivity contribution is 5.83. The van der Waals surface area contributed by atoms with Gasteiger partial charge in [-0.3, -0.25) is 0 Å².